The van der Waals surface area contributed by atoms with E-state index in [4.69, 9.17) is 16.0 Å². The van der Waals surface area contributed by atoms with Crippen LogP contribution in [-0.4, -0.2) is 41.2 Å². The Bertz CT molecular complexity index is 924. The molecule has 27 heavy (non-hydrogen) atoms. The third-order valence-corrected chi connectivity index (χ3v) is 6.26. The summed E-state index contributed by atoms with van der Waals surface area (Å²) in [5.41, 5.74) is 3.23. The molecule has 5 nitrogen and oxygen atoms in total. The minimum atomic E-state index is -0.125. The van der Waals surface area contributed by atoms with Crippen LogP contribution in [0.4, 0.5) is 11.4 Å². The van der Waals surface area contributed by atoms with Crippen molar-refractivity contribution in [3.8, 4) is 0 Å². The first-order valence-electron chi connectivity index (χ1n) is 8.59. The molecule has 2 heterocycles. The van der Waals surface area contributed by atoms with E-state index in [0.29, 0.717) is 15.9 Å². The number of rotatable bonds is 5. The zero-order valence-electron chi connectivity index (χ0n) is 14.5. The van der Waals surface area contributed by atoms with Crippen LogP contribution in [-0.2, 0) is 4.79 Å². The fourth-order valence-electron chi connectivity index (χ4n) is 2.88. The SMILES string of the molecule is O=C(CSc1nc2ccccc2o1)Nc1ccc(N2CCSCC2)c(Cl)c1. The molecule has 1 aromatic heterocycles. The number of benzene rings is 2. The average Bonchev–Trinajstić information content (AvgIpc) is 3.10. The number of carbonyl (C=O) groups is 1. The maximum atomic E-state index is 12.2. The number of halogens is 1. The first kappa shape index (κ1) is 18.5. The molecule has 0 bridgehead atoms. The number of hydrogen-bond acceptors (Lipinski definition) is 6. The summed E-state index contributed by atoms with van der Waals surface area (Å²) in [6, 6.07) is 13.2. The van der Waals surface area contributed by atoms with Crippen LogP contribution in [0.25, 0.3) is 11.1 Å². The third kappa shape index (κ3) is 4.54. The van der Waals surface area contributed by atoms with Gasteiger partial charge >= 0.3 is 0 Å². The number of nitrogens with zero attached hydrogens (tertiary/aromatic N) is 2. The molecule has 1 N–H and O–H groups in total. The van der Waals surface area contributed by atoms with Crippen molar-refractivity contribution >= 4 is 63.5 Å². The van der Waals surface area contributed by atoms with Crippen molar-refractivity contribution in [3.63, 3.8) is 0 Å². The highest BCUT2D eigenvalue weighted by atomic mass is 35.5. The molecule has 1 fully saturated rings. The third-order valence-electron chi connectivity index (χ3n) is 4.18. The lowest BCUT2D eigenvalue weighted by molar-refractivity contribution is -0.113. The van der Waals surface area contributed by atoms with E-state index >= 15 is 0 Å². The highest BCUT2D eigenvalue weighted by Crippen LogP contribution is 2.31. The molecule has 0 radical (unpaired) electrons. The molecule has 0 saturated carbocycles. The van der Waals surface area contributed by atoms with E-state index in [1.54, 1.807) is 6.07 Å². The van der Waals surface area contributed by atoms with Crippen molar-refractivity contribution in [3.05, 3.63) is 47.5 Å². The number of amides is 1. The molecule has 0 spiro atoms. The lowest BCUT2D eigenvalue weighted by Crippen LogP contribution is -2.32. The molecule has 0 atom stereocenters. The number of fused-ring (bicyclic) bond motifs is 1. The number of para-hydroxylation sites is 2. The molecule has 140 valence electrons. The molecular formula is C19H18ClN3O2S2. The number of carbonyl (C=O) groups excluding carboxylic acids is 1. The van der Waals surface area contributed by atoms with Crippen molar-refractivity contribution in [2.45, 2.75) is 5.22 Å². The zero-order valence-corrected chi connectivity index (χ0v) is 16.9. The van der Waals surface area contributed by atoms with Gasteiger partial charge in [-0.2, -0.15) is 11.8 Å². The Kier molecular flexibility index (Phi) is 5.80. The Morgan fingerprint density at radius 1 is 1.26 bits per heavy atom. The van der Waals surface area contributed by atoms with Gasteiger partial charge in [0.05, 0.1) is 16.5 Å². The second kappa shape index (κ2) is 8.46. The molecule has 1 aliphatic heterocycles. The van der Waals surface area contributed by atoms with Gasteiger partial charge < -0.3 is 14.6 Å². The van der Waals surface area contributed by atoms with Crippen LogP contribution in [0.1, 0.15) is 0 Å². The van der Waals surface area contributed by atoms with Crippen molar-refractivity contribution in [1.82, 2.24) is 4.98 Å². The number of oxazole rings is 1. The summed E-state index contributed by atoms with van der Waals surface area (Å²) in [6.45, 7) is 1.99. The van der Waals surface area contributed by atoms with Crippen LogP contribution in [0.5, 0.6) is 0 Å². The molecule has 3 aromatic rings. The van der Waals surface area contributed by atoms with Gasteiger partial charge in [0, 0.05) is 30.3 Å². The Morgan fingerprint density at radius 3 is 2.85 bits per heavy atom. The lowest BCUT2D eigenvalue weighted by Gasteiger charge is -2.29. The second-order valence-corrected chi connectivity index (χ2v) is 8.61. The maximum absolute atomic E-state index is 12.2. The number of aromatic nitrogens is 1. The van der Waals surface area contributed by atoms with Crippen molar-refractivity contribution in [1.29, 1.82) is 0 Å². The molecule has 8 heteroatoms. The van der Waals surface area contributed by atoms with Gasteiger partial charge in [0.25, 0.3) is 5.22 Å². The summed E-state index contributed by atoms with van der Waals surface area (Å²) in [4.78, 5) is 18.9. The van der Waals surface area contributed by atoms with Crippen LogP contribution in [0.3, 0.4) is 0 Å². The van der Waals surface area contributed by atoms with Gasteiger partial charge in [0.1, 0.15) is 5.52 Å². The van der Waals surface area contributed by atoms with E-state index in [-0.39, 0.29) is 11.7 Å². The molecule has 1 aliphatic rings. The molecule has 1 saturated heterocycles. The van der Waals surface area contributed by atoms with Crippen LogP contribution >= 0.6 is 35.1 Å². The Balaban J connectivity index is 1.35. The lowest BCUT2D eigenvalue weighted by atomic mass is 10.2. The van der Waals surface area contributed by atoms with Crippen molar-refractivity contribution in [2.75, 3.05) is 40.6 Å². The van der Waals surface area contributed by atoms with E-state index in [2.05, 4.69) is 15.2 Å². The maximum Gasteiger partial charge on any atom is 0.257 e. The quantitative estimate of drug-likeness (QED) is 0.601. The number of thioether (sulfide) groups is 2. The largest absolute Gasteiger partial charge is 0.431 e. The van der Waals surface area contributed by atoms with Gasteiger partial charge in [-0.25, -0.2) is 4.98 Å². The van der Waals surface area contributed by atoms with Gasteiger partial charge in [0.15, 0.2) is 5.58 Å². The zero-order chi connectivity index (χ0) is 18.6. The van der Waals surface area contributed by atoms with Crippen LogP contribution in [0.15, 0.2) is 52.1 Å². The normalized spacial score (nSPS) is 14.5. The van der Waals surface area contributed by atoms with Crippen molar-refractivity contribution < 1.29 is 9.21 Å². The van der Waals surface area contributed by atoms with Gasteiger partial charge in [-0.15, -0.1) is 0 Å². The molecule has 2 aromatic carbocycles. The van der Waals surface area contributed by atoms with Gasteiger partial charge in [0.2, 0.25) is 5.91 Å². The van der Waals surface area contributed by atoms with Gasteiger partial charge in [-0.1, -0.05) is 35.5 Å². The molecule has 4 rings (SSSR count). The van der Waals surface area contributed by atoms with Crippen LogP contribution < -0.4 is 10.2 Å². The Hall–Kier alpha value is -1.83. The monoisotopic (exact) mass is 419 g/mol. The fraction of sp³-hybridized carbons (Fsp3) is 0.263. The number of anilines is 2. The fourth-order valence-corrected chi connectivity index (χ4v) is 4.72. The summed E-state index contributed by atoms with van der Waals surface area (Å²) in [5, 5.41) is 4.03. The summed E-state index contributed by atoms with van der Waals surface area (Å²) in [6.07, 6.45) is 0. The highest BCUT2D eigenvalue weighted by molar-refractivity contribution is 7.99. The van der Waals surface area contributed by atoms with E-state index in [1.807, 2.05) is 48.2 Å². The Labute approximate surface area is 170 Å². The van der Waals surface area contributed by atoms with Crippen LogP contribution in [0, 0.1) is 0 Å². The second-order valence-electron chi connectivity index (χ2n) is 6.05. The minimum absolute atomic E-state index is 0.125. The number of hydrogen-bond donors (Lipinski definition) is 1. The Morgan fingerprint density at radius 2 is 2.07 bits per heavy atom. The standard InChI is InChI=1S/C19H18ClN3O2S2/c20-14-11-13(5-6-16(14)23-7-9-26-10-8-23)21-18(24)12-27-19-22-15-3-1-2-4-17(15)25-19/h1-6,11H,7-10,12H2,(H,21,24). The summed E-state index contributed by atoms with van der Waals surface area (Å²) in [5.74, 6) is 2.32. The summed E-state index contributed by atoms with van der Waals surface area (Å²) >= 11 is 9.66. The van der Waals surface area contributed by atoms with Gasteiger partial charge in [-0.05, 0) is 30.3 Å². The summed E-state index contributed by atoms with van der Waals surface area (Å²) < 4.78 is 5.61. The van der Waals surface area contributed by atoms with E-state index in [9.17, 15) is 4.79 Å². The summed E-state index contributed by atoms with van der Waals surface area (Å²) in [7, 11) is 0. The first-order valence-corrected chi connectivity index (χ1v) is 11.1. The predicted octanol–water partition coefficient (Wildman–Crippen LogP) is 4.77. The van der Waals surface area contributed by atoms with E-state index < -0.39 is 0 Å². The van der Waals surface area contributed by atoms with Crippen molar-refractivity contribution in [2.24, 2.45) is 0 Å². The predicted molar refractivity (Wildman–Crippen MR) is 114 cm³/mol. The molecular weight excluding hydrogens is 402 g/mol. The van der Waals surface area contributed by atoms with E-state index in [0.717, 1.165) is 41.4 Å². The van der Waals surface area contributed by atoms with E-state index in [1.165, 1.54) is 11.8 Å². The van der Waals surface area contributed by atoms with Crippen LogP contribution in [0.2, 0.25) is 5.02 Å². The molecule has 0 aliphatic carbocycles. The first-order chi connectivity index (χ1) is 13.2. The number of nitrogens with one attached hydrogen (secondary N) is 1. The molecule has 0 unspecified atom stereocenters. The van der Waals surface area contributed by atoms with Gasteiger partial charge in [-0.3, -0.25) is 4.79 Å². The molecule has 1 amide bonds. The topological polar surface area (TPSA) is 58.4 Å². The smallest absolute Gasteiger partial charge is 0.257 e. The minimum Gasteiger partial charge on any atom is -0.431 e. The highest BCUT2D eigenvalue weighted by Gasteiger charge is 2.15. The average molecular weight is 420 g/mol.